The highest BCUT2D eigenvalue weighted by Gasteiger charge is 2.20. The Labute approximate surface area is 154 Å². The van der Waals surface area contributed by atoms with Gasteiger partial charge in [0, 0.05) is 18.8 Å². The van der Waals surface area contributed by atoms with E-state index in [1.54, 1.807) is 18.1 Å². The molecule has 0 atom stereocenters. The second kappa shape index (κ2) is 7.51. The van der Waals surface area contributed by atoms with E-state index in [1.165, 1.54) is 5.56 Å². The Bertz CT molecular complexity index is 874. The molecule has 6 nitrogen and oxygen atoms in total. The van der Waals surface area contributed by atoms with Gasteiger partial charge in [0.05, 0.1) is 13.2 Å². The summed E-state index contributed by atoms with van der Waals surface area (Å²) >= 11 is 7.81. The smallest absolute Gasteiger partial charge is 0.225 e. The molecule has 3 heterocycles. The number of anilines is 1. The van der Waals surface area contributed by atoms with Gasteiger partial charge < -0.3 is 9.64 Å². The molecule has 0 amide bonds. The van der Waals surface area contributed by atoms with Crippen LogP contribution in [0, 0.1) is 0 Å². The second-order valence-electron chi connectivity index (χ2n) is 5.57. The van der Waals surface area contributed by atoms with Crippen molar-refractivity contribution in [3.8, 4) is 0 Å². The van der Waals surface area contributed by atoms with E-state index in [2.05, 4.69) is 37.0 Å². The molecule has 0 bridgehead atoms. The van der Waals surface area contributed by atoms with Gasteiger partial charge in [-0.05, 0) is 17.2 Å². The van der Waals surface area contributed by atoms with Crippen LogP contribution < -0.4 is 4.90 Å². The van der Waals surface area contributed by atoms with Crippen molar-refractivity contribution in [3.05, 3.63) is 47.5 Å². The molecule has 1 aliphatic heterocycles. The summed E-state index contributed by atoms with van der Waals surface area (Å²) in [5, 5.41) is 1.03. The van der Waals surface area contributed by atoms with E-state index in [1.807, 2.05) is 18.2 Å². The maximum Gasteiger partial charge on any atom is 0.225 e. The van der Waals surface area contributed by atoms with Crippen molar-refractivity contribution >= 4 is 40.2 Å². The molecular formula is C17H16ClN5OS. The molecule has 1 aromatic carbocycles. The standard InChI is InChI=1S/C17H16ClN5OS/c18-17-21-14-13(15(22-17)23-6-8-24-9-7-23)19-11-20-16(14)25-10-12-4-2-1-3-5-12/h1-5,11H,6-10H2. The zero-order valence-corrected chi connectivity index (χ0v) is 15.0. The zero-order valence-electron chi connectivity index (χ0n) is 13.4. The molecule has 1 aliphatic rings. The summed E-state index contributed by atoms with van der Waals surface area (Å²) in [7, 11) is 0. The minimum Gasteiger partial charge on any atom is -0.378 e. The van der Waals surface area contributed by atoms with Gasteiger partial charge in [-0.2, -0.15) is 4.98 Å². The van der Waals surface area contributed by atoms with Gasteiger partial charge in [0.25, 0.3) is 0 Å². The van der Waals surface area contributed by atoms with Gasteiger partial charge in [-0.15, -0.1) is 0 Å². The molecule has 0 spiro atoms. The van der Waals surface area contributed by atoms with Crippen LogP contribution in [0.3, 0.4) is 0 Å². The van der Waals surface area contributed by atoms with Gasteiger partial charge in [0.15, 0.2) is 5.82 Å². The second-order valence-corrected chi connectivity index (χ2v) is 6.87. The summed E-state index contributed by atoms with van der Waals surface area (Å²) in [6, 6.07) is 10.3. The lowest BCUT2D eigenvalue weighted by Crippen LogP contribution is -2.37. The number of hydrogen-bond donors (Lipinski definition) is 0. The fraction of sp³-hybridized carbons (Fsp3) is 0.294. The molecular weight excluding hydrogens is 358 g/mol. The molecule has 1 saturated heterocycles. The molecule has 0 radical (unpaired) electrons. The first-order valence-corrected chi connectivity index (χ1v) is 9.35. The monoisotopic (exact) mass is 373 g/mol. The van der Waals surface area contributed by atoms with Crippen LogP contribution in [0.1, 0.15) is 5.56 Å². The van der Waals surface area contributed by atoms with Crippen LogP contribution in [0.2, 0.25) is 5.28 Å². The van der Waals surface area contributed by atoms with E-state index in [4.69, 9.17) is 16.3 Å². The van der Waals surface area contributed by atoms with Crippen molar-refractivity contribution in [1.29, 1.82) is 0 Å². The Morgan fingerprint density at radius 1 is 1.04 bits per heavy atom. The Morgan fingerprint density at radius 3 is 2.64 bits per heavy atom. The Balaban J connectivity index is 1.69. The van der Waals surface area contributed by atoms with Crippen LogP contribution in [0.15, 0.2) is 41.7 Å². The van der Waals surface area contributed by atoms with Crippen molar-refractivity contribution in [1.82, 2.24) is 19.9 Å². The molecule has 0 unspecified atom stereocenters. The van der Waals surface area contributed by atoms with Gasteiger partial charge in [0.2, 0.25) is 5.28 Å². The number of benzene rings is 1. The molecule has 4 rings (SSSR count). The predicted octanol–water partition coefficient (Wildman–Crippen LogP) is 3.20. The lowest BCUT2D eigenvalue weighted by atomic mass is 10.2. The summed E-state index contributed by atoms with van der Waals surface area (Å²) in [6.07, 6.45) is 1.57. The summed E-state index contributed by atoms with van der Waals surface area (Å²) < 4.78 is 5.42. The SMILES string of the molecule is Clc1nc(N2CCOCC2)c2ncnc(SCc3ccccc3)c2n1. The molecule has 128 valence electrons. The first-order chi connectivity index (χ1) is 12.3. The number of hydrogen-bond acceptors (Lipinski definition) is 7. The van der Waals surface area contributed by atoms with Crippen LogP contribution in [0.5, 0.6) is 0 Å². The topological polar surface area (TPSA) is 64.0 Å². The number of thioether (sulfide) groups is 1. The summed E-state index contributed by atoms with van der Waals surface area (Å²) in [4.78, 5) is 19.8. The molecule has 3 aromatic rings. The number of fused-ring (bicyclic) bond motifs is 1. The van der Waals surface area contributed by atoms with E-state index < -0.39 is 0 Å². The van der Waals surface area contributed by atoms with Gasteiger partial charge in [-0.25, -0.2) is 15.0 Å². The highest BCUT2D eigenvalue weighted by molar-refractivity contribution is 7.98. The average Bonchev–Trinajstić information content (AvgIpc) is 2.67. The van der Waals surface area contributed by atoms with Crippen LogP contribution in [0.25, 0.3) is 11.0 Å². The van der Waals surface area contributed by atoms with Crippen molar-refractivity contribution in [2.75, 3.05) is 31.2 Å². The third-order valence-corrected chi connectivity index (χ3v) is 5.15. The minimum atomic E-state index is 0.213. The number of rotatable bonds is 4. The number of ether oxygens (including phenoxy) is 1. The number of aromatic nitrogens is 4. The van der Waals surface area contributed by atoms with Crippen molar-refractivity contribution in [2.24, 2.45) is 0 Å². The van der Waals surface area contributed by atoms with E-state index in [-0.39, 0.29) is 5.28 Å². The van der Waals surface area contributed by atoms with Gasteiger partial charge in [0.1, 0.15) is 22.4 Å². The normalized spacial score (nSPS) is 14.8. The van der Waals surface area contributed by atoms with Crippen LogP contribution in [-0.4, -0.2) is 46.2 Å². The number of nitrogens with zero attached hydrogens (tertiary/aromatic N) is 5. The quantitative estimate of drug-likeness (QED) is 0.395. The van der Waals surface area contributed by atoms with Crippen molar-refractivity contribution < 1.29 is 4.74 Å². The lowest BCUT2D eigenvalue weighted by Gasteiger charge is -2.28. The molecule has 1 fully saturated rings. The number of morpholine rings is 1. The summed E-state index contributed by atoms with van der Waals surface area (Å²) in [5.41, 5.74) is 2.66. The van der Waals surface area contributed by atoms with Crippen LogP contribution in [-0.2, 0) is 10.5 Å². The van der Waals surface area contributed by atoms with Gasteiger partial charge >= 0.3 is 0 Å². The third-order valence-electron chi connectivity index (χ3n) is 3.93. The van der Waals surface area contributed by atoms with Crippen LogP contribution in [0.4, 0.5) is 5.82 Å². The number of halogens is 1. The largest absolute Gasteiger partial charge is 0.378 e. The molecule has 0 aliphatic carbocycles. The lowest BCUT2D eigenvalue weighted by molar-refractivity contribution is 0.122. The molecule has 25 heavy (non-hydrogen) atoms. The van der Waals surface area contributed by atoms with Crippen molar-refractivity contribution in [2.45, 2.75) is 10.8 Å². The van der Waals surface area contributed by atoms with Crippen molar-refractivity contribution in [3.63, 3.8) is 0 Å². The van der Waals surface area contributed by atoms with Crippen LogP contribution >= 0.6 is 23.4 Å². The highest BCUT2D eigenvalue weighted by Crippen LogP contribution is 2.31. The molecule has 0 N–H and O–H groups in total. The molecule has 2 aromatic heterocycles. The Morgan fingerprint density at radius 2 is 1.84 bits per heavy atom. The maximum atomic E-state index is 6.19. The van der Waals surface area contributed by atoms with E-state index in [0.29, 0.717) is 18.7 Å². The fourth-order valence-corrected chi connectivity index (χ4v) is 3.77. The molecule has 8 heteroatoms. The first-order valence-electron chi connectivity index (χ1n) is 7.99. The predicted molar refractivity (Wildman–Crippen MR) is 99.2 cm³/mol. The molecule has 0 saturated carbocycles. The maximum absolute atomic E-state index is 6.19. The highest BCUT2D eigenvalue weighted by atomic mass is 35.5. The van der Waals surface area contributed by atoms with E-state index in [0.717, 1.165) is 35.2 Å². The minimum absolute atomic E-state index is 0.213. The van der Waals surface area contributed by atoms with Gasteiger partial charge in [-0.1, -0.05) is 42.1 Å². The summed E-state index contributed by atoms with van der Waals surface area (Å²) in [5.74, 6) is 1.56. The summed E-state index contributed by atoms with van der Waals surface area (Å²) in [6.45, 7) is 2.87. The first kappa shape index (κ1) is 16.5. The van der Waals surface area contributed by atoms with Gasteiger partial charge in [-0.3, -0.25) is 0 Å². The Hall–Kier alpha value is -1.96. The van der Waals surface area contributed by atoms with E-state index >= 15 is 0 Å². The third kappa shape index (κ3) is 3.68. The zero-order chi connectivity index (χ0) is 17.1. The van der Waals surface area contributed by atoms with E-state index in [9.17, 15) is 0 Å². The Kier molecular flexibility index (Phi) is 4.96. The fourth-order valence-electron chi connectivity index (χ4n) is 2.71. The average molecular weight is 374 g/mol.